The normalized spacial score (nSPS) is 14.4. The van der Waals surface area contributed by atoms with E-state index in [0.717, 1.165) is 83.7 Å². The van der Waals surface area contributed by atoms with Gasteiger partial charge in [0.25, 0.3) is 0 Å². The van der Waals surface area contributed by atoms with Gasteiger partial charge in [-0.15, -0.1) is 0 Å². The number of hydrogen-bond donors (Lipinski definition) is 0. The molecule has 0 amide bonds. The fourth-order valence-corrected chi connectivity index (χ4v) is 10.6. The summed E-state index contributed by atoms with van der Waals surface area (Å²) in [5, 5.41) is 9.33. The smallest absolute Gasteiger partial charge is 0.145 e. The number of nitrogens with zero attached hydrogens (tertiary/aromatic N) is 3. The summed E-state index contributed by atoms with van der Waals surface area (Å²) >= 11 is 0. The maximum atomic E-state index is 6.58. The van der Waals surface area contributed by atoms with Gasteiger partial charge in [0, 0.05) is 61.5 Å². The number of para-hydroxylation sites is 2. The number of imidazole rings is 1. The summed E-state index contributed by atoms with van der Waals surface area (Å²) in [5.74, 6) is 0.461. The molecule has 0 fully saturated rings. The predicted molar refractivity (Wildman–Crippen MR) is 244 cm³/mol. The van der Waals surface area contributed by atoms with Crippen molar-refractivity contribution in [1.29, 1.82) is 0 Å². The van der Waals surface area contributed by atoms with E-state index in [1.54, 1.807) is 0 Å². The molecule has 13 rings (SSSR count). The van der Waals surface area contributed by atoms with E-state index in [1.807, 2.05) is 18.3 Å². The van der Waals surface area contributed by atoms with Crippen molar-refractivity contribution in [3.63, 3.8) is 0 Å². The Morgan fingerprint density at radius 1 is 0.593 bits per heavy atom. The number of aryl methyl sites for hydroxylation is 1. The number of pyridine rings is 1. The first kappa shape index (κ1) is 32.7. The highest BCUT2D eigenvalue weighted by molar-refractivity contribution is 6.21. The Bertz CT molecular complexity index is 3810. The third kappa shape index (κ3) is 4.42. The van der Waals surface area contributed by atoms with Crippen LogP contribution in [0.15, 0.2) is 155 Å². The second-order valence-electron chi connectivity index (χ2n) is 16.4. The van der Waals surface area contributed by atoms with Crippen LogP contribution >= 0.6 is 0 Å². The molecule has 5 heteroatoms. The molecular weight excluding hydrogens is 723 g/mol. The van der Waals surface area contributed by atoms with Gasteiger partial charge in [0.05, 0.1) is 11.0 Å². The molecule has 7 aromatic carbocycles. The van der Waals surface area contributed by atoms with Gasteiger partial charge in [-0.2, -0.15) is 0 Å². The monoisotopic (exact) mass is 759 g/mol. The topological polar surface area (TPSA) is 48.5 Å². The number of hydrogen-bond acceptors (Lipinski definition) is 3. The maximum absolute atomic E-state index is 6.58. The van der Waals surface area contributed by atoms with Crippen molar-refractivity contribution in [2.24, 2.45) is 0 Å². The highest BCUT2D eigenvalue weighted by atomic mass is 16.3. The molecule has 0 radical (unpaired) electrons. The van der Waals surface area contributed by atoms with Gasteiger partial charge in [-0.1, -0.05) is 85.8 Å². The second kappa shape index (κ2) is 11.8. The third-order valence-corrected chi connectivity index (χ3v) is 13.2. The van der Waals surface area contributed by atoms with E-state index in [9.17, 15) is 0 Å². The Balaban J connectivity index is 1.10. The highest BCUT2D eigenvalue weighted by Crippen LogP contribution is 2.47. The van der Waals surface area contributed by atoms with Crippen LogP contribution in [-0.2, 0) is 0 Å². The van der Waals surface area contributed by atoms with Gasteiger partial charge >= 0.3 is 0 Å². The van der Waals surface area contributed by atoms with Crippen LogP contribution in [0.4, 0.5) is 0 Å². The quantitative estimate of drug-likeness (QED) is 0.169. The Morgan fingerprint density at radius 3 is 2.02 bits per heavy atom. The summed E-state index contributed by atoms with van der Waals surface area (Å²) in [7, 11) is 0. The predicted octanol–water partition coefficient (Wildman–Crippen LogP) is 14.9. The van der Waals surface area contributed by atoms with Crippen LogP contribution in [-0.4, -0.2) is 14.0 Å². The number of aromatic nitrogens is 3. The molecule has 0 bridgehead atoms. The lowest BCUT2D eigenvalue weighted by Gasteiger charge is -2.22. The van der Waals surface area contributed by atoms with Crippen molar-refractivity contribution in [3.05, 3.63) is 168 Å². The molecule has 5 nitrogen and oxygen atoms in total. The van der Waals surface area contributed by atoms with E-state index >= 15 is 0 Å². The number of rotatable bonds is 3. The van der Waals surface area contributed by atoms with Crippen molar-refractivity contribution < 1.29 is 8.83 Å². The standard InChI is InChI=1S/C54H37N3O2/c1-30-11-10-17-44-49(30)39-15-6-8-16-43(39)57(44)35-21-24-48-42(29-35)41-27-33(19-22-47(41)59-48)50-31(2)51(34-20-23-46-40(28-34)36-12-7-9-18-45(36)58-46)52-37-13-4-5-14-38(37)54-55-25-26-56(54)53(52)32(50)3/h4-10,12-30H,11H2,1-3H3. The minimum Gasteiger partial charge on any atom is -0.456 e. The average molecular weight is 760 g/mol. The van der Waals surface area contributed by atoms with Crippen molar-refractivity contribution in [2.45, 2.75) is 33.1 Å². The molecule has 0 spiro atoms. The zero-order valence-corrected chi connectivity index (χ0v) is 32.9. The molecule has 12 aromatic rings. The first-order valence-electron chi connectivity index (χ1n) is 20.5. The molecule has 0 N–H and O–H groups in total. The van der Waals surface area contributed by atoms with Crippen LogP contribution in [0.2, 0.25) is 0 Å². The Kier molecular flexibility index (Phi) is 6.56. The van der Waals surface area contributed by atoms with E-state index in [0.29, 0.717) is 5.92 Å². The summed E-state index contributed by atoms with van der Waals surface area (Å²) in [4.78, 5) is 4.91. The van der Waals surface area contributed by atoms with Gasteiger partial charge in [0.1, 0.15) is 28.0 Å². The van der Waals surface area contributed by atoms with E-state index < -0.39 is 0 Å². The first-order valence-corrected chi connectivity index (χ1v) is 20.5. The van der Waals surface area contributed by atoms with Crippen LogP contribution in [0.1, 0.15) is 41.6 Å². The molecule has 1 atom stereocenters. The van der Waals surface area contributed by atoms with Crippen LogP contribution < -0.4 is 0 Å². The Hall–Kier alpha value is -7.37. The summed E-state index contributed by atoms with van der Waals surface area (Å²) < 4.78 is 17.6. The van der Waals surface area contributed by atoms with Gasteiger partial charge in [0.2, 0.25) is 0 Å². The summed E-state index contributed by atoms with van der Waals surface area (Å²) in [6.07, 6.45) is 9.72. The molecule has 5 heterocycles. The average Bonchev–Trinajstić information content (AvgIpc) is 4.06. The van der Waals surface area contributed by atoms with Crippen molar-refractivity contribution in [1.82, 2.24) is 14.0 Å². The maximum Gasteiger partial charge on any atom is 0.145 e. The number of allylic oxidation sites excluding steroid dienone is 1. The summed E-state index contributed by atoms with van der Waals surface area (Å²) in [6, 6.07) is 45.9. The van der Waals surface area contributed by atoms with Crippen molar-refractivity contribution in [3.8, 4) is 27.9 Å². The number of furan rings is 2. The van der Waals surface area contributed by atoms with Crippen molar-refractivity contribution >= 4 is 88.2 Å². The minimum absolute atomic E-state index is 0.461. The van der Waals surface area contributed by atoms with Crippen molar-refractivity contribution in [2.75, 3.05) is 0 Å². The molecule has 0 saturated heterocycles. The van der Waals surface area contributed by atoms with E-state index in [4.69, 9.17) is 13.8 Å². The molecule has 59 heavy (non-hydrogen) atoms. The summed E-state index contributed by atoms with van der Waals surface area (Å²) in [5.41, 5.74) is 17.9. The van der Waals surface area contributed by atoms with Gasteiger partial charge in [0.15, 0.2) is 0 Å². The fourth-order valence-electron chi connectivity index (χ4n) is 10.6. The number of fused-ring (bicyclic) bond motifs is 15. The third-order valence-electron chi connectivity index (χ3n) is 13.2. The van der Waals surface area contributed by atoms with Gasteiger partial charge < -0.3 is 13.4 Å². The van der Waals surface area contributed by atoms with Crippen LogP contribution in [0.25, 0.3) is 116 Å². The lowest BCUT2D eigenvalue weighted by molar-refractivity contribution is 0.668. The summed E-state index contributed by atoms with van der Waals surface area (Å²) in [6.45, 7) is 6.92. The largest absolute Gasteiger partial charge is 0.456 e. The Labute approximate surface area is 339 Å². The molecule has 1 aliphatic carbocycles. The van der Waals surface area contributed by atoms with E-state index in [-0.39, 0.29) is 0 Å². The minimum atomic E-state index is 0.461. The SMILES string of the molecule is Cc1c(-c2ccc3oc4ccc(-n5c6c(c7ccccc75)C(C)CC=C6)cc4c3c2)c(C)c2c(c1-c1ccc3oc4ccccc4c3c1)c1ccccc1c1nccn12. The first-order chi connectivity index (χ1) is 29.0. The molecule has 280 valence electrons. The van der Waals surface area contributed by atoms with E-state index in [2.05, 4.69) is 163 Å². The van der Waals surface area contributed by atoms with Crippen LogP contribution in [0, 0.1) is 13.8 Å². The molecule has 0 aliphatic heterocycles. The van der Waals surface area contributed by atoms with Gasteiger partial charge in [-0.25, -0.2) is 4.98 Å². The zero-order chi connectivity index (χ0) is 39.1. The lowest BCUT2D eigenvalue weighted by Crippen LogP contribution is -2.02. The molecule has 1 unspecified atom stereocenters. The molecule has 1 aliphatic rings. The Morgan fingerprint density at radius 2 is 1.22 bits per heavy atom. The molecule has 5 aromatic heterocycles. The van der Waals surface area contributed by atoms with Gasteiger partial charge in [-0.3, -0.25) is 4.40 Å². The van der Waals surface area contributed by atoms with E-state index in [1.165, 1.54) is 55.2 Å². The second-order valence-corrected chi connectivity index (χ2v) is 16.4. The molecular formula is C54H37N3O2. The fraction of sp³-hybridized carbons (Fsp3) is 0.0926. The van der Waals surface area contributed by atoms with Crippen LogP contribution in [0.3, 0.4) is 0 Å². The number of benzene rings is 7. The lowest BCUT2D eigenvalue weighted by atomic mass is 9.84. The highest BCUT2D eigenvalue weighted by Gasteiger charge is 2.25. The van der Waals surface area contributed by atoms with Crippen LogP contribution in [0.5, 0.6) is 0 Å². The molecule has 0 saturated carbocycles. The van der Waals surface area contributed by atoms with Gasteiger partial charge in [-0.05, 0) is 131 Å². The zero-order valence-electron chi connectivity index (χ0n) is 32.9.